The van der Waals surface area contributed by atoms with Crippen LogP contribution in [0.3, 0.4) is 0 Å². The summed E-state index contributed by atoms with van der Waals surface area (Å²) in [7, 11) is 0. The topological polar surface area (TPSA) is 17.8 Å². The summed E-state index contributed by atoms with van der Waals surface area (Å²) in [5.41, 5.74) is 1.26. The zero-order chi connectivity index (χ0) is 13.0. The van der Waals surface area contributed by atoms with Gasteiger partial charge in [0.05, 0.1) is 11.7 Å². The molecule has 18 heavy (non-hydrogen) atoms. The van der Waals surface area contributed by atoms with Gasteiger partial charge in [-0.1, -0.05) is 29.8 Å². The molecule has 0 radical (unpaired) electrons. The highest BCUT2D eigenvalue weighted by atomic mass is 79.9. The minimum absolute atomic E-state index is 0.578. The van der Waals surface area contributed by atoms with Gasteiger partial charge in [-0.25, -0.2) is 0 Å². The molecule has 1 aliphatic carbocycles. The van der Waals surface area contributed by atoms with Gasteiger partial charge in [0.25, 0.3) is 0 Å². The van der Waals surface area contributed by atoms with Gasteiger partial charge in [-0.2, -0.15) is 5.10 Å². The molecule has 1 atom stereocenters. The lowest BCUT2D eigenvalue weighted by Crippen LogP contribution is -2.08. The summed E-state index contributed by atoms with van der Waals surface area (Å²) < 4.78 is 2.15. The Morgan fingerprint density at radius 3 is 2.72 bits per heavy atom. The molecule has 0 N–H and O–H groups in total. The van der Waals surface area contributed by atoms with Crippen LogP contribution in [-0.4, -0.2) is 14.6 Å². The molecule has 0 bridgehead atoms. The first-order chi connectivity index (χ1) is 8.74. The smallest absolute Gasteiger partial charge is 0.0624 e. The van der Waals surface area contributed by atoms with Gasteiger partial charge in [0.1, 0.15) is 0 Å². The van der Waals surface area contributed by atoms with Crippen LogP contribution in [-0.2, 0) is 6.42 Å². The van der Waals surface area contributed by atoms with Crippen LogP contribution in [0.25, 0.3) is 0 Å². The van der Waals surface area contributed by atoms with Crippen molar-refractivity contribution in [2.24, 2.45) is 5.92 Å². The normalized spacial score (nSPS) is 17.3. The lowest BCUT2D eigenvalue weighted by molar-refractivity contribution is 0.425. The molecule has 1 heterocycles. The molecule has 1 fully saturated rings. The number of aromatic nitrogens is 2. The van der Waals surface area contributed by atoms with Crippen LogP contribution in [0.4, 0.5) is 0 Å². The first-order valence-electron chi connectivity index (χ1n) is 7.42. The summed E-state index contributed by atoms with van der Waals surface area (Å²) in [6.45, 7) is 4.47. The highest BCUT2D eigenvalue weighted by Crippen LogP contribution is 2.38. The predicted octanol–water partition coefficient (Wildman–Crippen LogP) is 4.74. The van der Waals surface area contributed by atoms with Gasteiger partial charge < -0.3 is 0 Å². The Labute approximate surface area is 119 Å². The maximum atomic E-state index is 4.71. The molecule has 1 aliphatic rings. The maximum Gasteiger partial charge on any atom is 0.0624 e. The van der Waals surface area contributed by atoms with Gasteiger partial charge >= 0.3 is 0 Å². The van der Waals surface area contributed by atoms with Gasteiger partial charge in [-0.3, -0.25) is 4.68 Å². The molecule has 3 heteroatoms. The van der Waals surface area contributed by atoms with E-state index in [4.69, 9.17) is 5.10 Å². The molecule has 0 aliphatic heterocycles. The van der Waals surface area contributed by atoms with Crippen LogP contribution in [0.15, 0.2) is 12.3 Å². The van der Waals surface area contributed by atoms with E-state index in [2.05, 4.69) is 46.7 Å². The van der Waals surface area contributed by atoms with Gasteiger partial charge in [-0.15, -0.1) is 0 Å². The van der Waals surface area contributed by atoms with Crippen LogP contribution in [0.1, 0.15) is 64.1 Å². The highest BCUT2D eigenvalue weighted by molar-refractivity contribution is 9.09. The fourth-order valence-corrected chi connectivity index (χ4v) is 3.40. The van der Waals surface area contributed by atoms with E-state index in [9.17, 15) is 0 Å². The predicted molar refractivity (Wildman–Crippen MR) is 80.2 cm³/mol. The van der Waals surface area contributed by atoms with Gasteiger partial charge in [0.2, 0.25) is 0 Å². The Hall–Kier alpha value is -0.310. The molecule has 0 spiro atoms. The molecule has 1 aromatic heterocycles. The molecule has 2 rings (SSSR count). The number of halogens is 1. The monoisotopic (exact) mass is 312 g/mol. The van der Waals surface area contributed by atoms with Crippen molar-refractivity contribution >= 4 is 15.9 Å². The van der Waals surface area contributed by atoms with Crippen LogP contribution < -0.4 is 0 Å². The summed E-state index contributed by atoms with van der Waals surface area (Å²) >= 11 is 3.80. The van der Waals surface area contributed by atoms with Crippen LogP contribution in [0.2, 0.25) is 0 Å². The minimum Gasteiger partial charge on any atom is -0.269 e. The van der Waals surface area contributed by atoms with Gasteiger partial charge in [-0.05, 0) is 56.9 Å². The summed E-state index contributed by atoms with van der Waals surface area (Å²) in [6.07, 6.45) is 11.0. The second-order valence-corrected chi connectivity index (χ2v) is 6.68. The van der Waals surface area contributed by atoms with Crippen molar-refractivity contribution in [3.8, 4) is 0 Å². The Morgan fingerprint density at radius 2 is 2.11 bits per heavy atom. The fraction of sp³-hybridized carbons (Fsp3) is 0.800. The fourth-order valence-electron chi connectivity index (χ4n) is 2.55. The van der Waals surface area contributed by atoms with Crippen LogP contribution in [0, 0.1) is 5.92 Å². The van der Waals surface area contributed by atoms with Crippen LogP contribution in [0.5, 0.6) is 0 Å². The number of alkyl halides is 1. The highest BCUT2D eigenvalue weighted by Gasteiger charge is 2.28. The summed E-state index contributed by atoms with van der Waals surface area (Å²) in [5.74, 6) is 0.965. The van der Waals surface area contributed by atoms with Crippen molar-refractivity contribution in [2.75, 3.05) is 0 Å². The zero-order valence-corrected chi connectivity index (χ0v) is 13.2. The number of rotatable bonds is 8. The Bertz CT molecular complexity index is 353. The summed E-state index contributed by atoms with van der Waals surface area (Å²) in [5, 5.41) is 4.71. The first-order valence-corrected chi connectivity index (χ1v) is 8.34. The maximum absolute atomic E-state index is 4.71. The lowest BCUT2D eigenvalue weighted by Gasteiger charge is -2.12. The number of hydrogen-bond acceptors (Lipinski definition) is 1. The molecule has 2 nitrogen and oxygen atoms in total. The Balaban J connectivity index is 1.75. The van der Waals surface area contributed by atoms with E-state index in [-0.39, 0.29) is 0 Å². The molecule has 1 unspecified atom stereocenters. The van der Waals surface area contributed by atoms with Crippen molar-refractivity contribution in [3.63, 3.8) is 0 Å². The Kier molecular flexibility index (Phi) is 5.28. The van der Waals surface area contributed by atoms with E-state index in [1.54, 1.807) is 0 Å². The number of aryl methyl sites for hydroxylation is 1. The first kappa shape index (κ1) is 14.1. The van der Waals surface area contributed by atoms with Crippen molar-refractivity contribution in [1.82, 2.24) is 9.78 Å². The van der Waals surface area contributed by atoms with E-state index in [1.165, 1.54) is 44.2 Å². The third-order valence-corrected chi connectivity index (χ3v) is 5.23. The zero-order valence-electron chi connectivity index (χ0n) is 11.6. The average Bonchev–Trinajstić information content (AvgIpc) is 3.13. The third kappa shape index (κ3) is 3.84. The van der Waals surface area contributed by atoms with Gasteiger partial charge in [0.15, 0.2) is 0 Å². The molecule has 0 amide bonds. The SMILES string of the molecule is CCC(CC)n1ccc(CCCC(Br)C2CC2)n1. The van der Waals surface area contributed by atoms with Crippen molar-refractivity contribution in [3.05, 3.63) is 18.0 Å². The van der Waals surface area contributed by atoms with E-state index in [0.29, 0.717) is 6.04 Å². The lowest BCUT2D eigenvalue weighted by atomic mass is 10.1. The van der Waals surface area contributed by atoms with Crippen LogP contribution >= 0.6 is 15.9 Å². The third-order valence-electron chi connectivity index (χ3n) is 4.03. The van der Waals surface area contributed by atoms with Gasteiger partial charge in [0, 0.05) is 11.0 Å². The van der Waals surface area contributed by atoms with E-state index >= 15 is 0 Å². The standard InChI is InChI=1S/C15H25BrN2/c1-3-14(4-2)18-11-10-13(17-18)6-5-7-15(16)12-8-9-12/h10-12,14-15H,3-9H2,1-2H3. The number of hydrogen-bond donors (Lipinski definition) is 0. The quantitative estimate of drug-likeness (QED) is 0.634. The molecule has 1 aromatic rings. The molecule has 0 saturated heterocycles. The number of nitrogens with zero attached hydrogens (tertiary/aromatic N) is 2. The van der Waals surface area contributed by atoms with E-state index < -0.39 is 0 Å². The average molecular weight is 313 g/mol. The minimum atomic E-state index is 0.578. The molecule has 102 valence electrons. The summed E-state index contributed by atoms with van der Waals surface area (Å²) in [6, 6.07) is 2.77. The van der Waals surface area contributed by atoms with E-state index in [1.807, 2.05) is 0 Å². The van der Waals surface area contributed by atoms with Crippen molar-refractivity contribution in [2.45, 2.75) is 69.7 Å². The summed E-state index contributed by atoms with van der Waals surface area (Å²) in [4.78, 5) is 0.749. The largest absolute Gasteiger partial charge is 0.269 e. The van der Waals surface area contributed by atoms with Crippen molar-refractivity contribution < 1.29 is 0 Å². The molecular formula is C15H25BrN2. The molecule has 1 saturated carbocycles. The van der Waals surface area contributed by atoms with E-state index in [0.717, 1.165) is 17.2 Å². The second kappa shape index (κ2) is 6.74. The Morgan fingerprint density at radius 1 is 1.39 bits per heavy atom. The van der Waals surface area contributed by atoms with Crippen molar-refractivity contribution in [1.29, 1.82) is 0 Å². The second-order valence-electron chi connectivity index (χ2n) is 5.50. The molecule has 0 aromatic carbocycles. The molecular weight excluding hydrogens is 288 g/mol.